The van der Waals surface area contributed by atoms with Crippen LogP contribution in [-0.2, 0) is 19.6 Å². The molecule has 4 rings (SSSR count). The van der Waals surface area contributed by atoms with Gasteiger partial charge in [0, 0.05) is 5.02 Å². The summed E-state index contributed by atoms with van der Waals surface area (Å²) in [6.45, 7) is 2.90. The minimum absolute atomic E-state index is 0.0528. The van der Waals surface area contributed by atoms with Crippen LogP contribution in [0.15, 0.2) is 71.6 Å². The Labute approximate surface area is 197 Å². The van der Waals surface area contributed by atoms with Gasteiger partial charge in [-0.1, -0.05) is 47.5 Å². The molecule has 33 heavy (non-hydrogen) atoms. The standard InChI is InChI=1S/C24H22ClN3O4S/c1-16-7-11-19(12-8-16)33(31,32)28(22-13-18(25)10-9-17(22)2)15-24(30)27-14-23(29)26-20-5-3-4-6-21(20)27/h3-13H,14-15H2,1-2H3,(H,26,29). The summed E-state index contributed by atoms with van der Waals surface area (Å²) in [4.78, 5) is 27.0. The van der Waals surface area contributed by atoms with Crippen molar-refractivity contribution in [2.45, 2.75) is 18.7 Å². The van der Waals surface area contributed by atoms with E-state index in [-0.39, 0.29) is 17.3 Å². The van der Waals surface area contributed by atoms with E-state index in [9.17, 15) is 18.0 Å². The molecule has 0 saturated carbocycles. The van der Waals surface area contributed by atoms with Crippen molar-refractivity contribution < 1.29 is 18.0 Å². The average molecular weight is 484 g/mol. The SMILES string of the molecule is Cc1ccc(S(=O)(=O)N(CC(=O)N2CC(=O)Nc3ccccc32)c2cc(Cl)ccc2C)cc1. The lowest BCUT2D eigenvalue weighted by Gasteiger charge is -2.32. The Balaban J connectivity index is 1.78. The molecule has 0 aliphatic carbocycles. The number of carbonyl (C=O) groups excluding carboxylic acids is 2. The molecular weight excluding hydrogens is 462 g/mol. The Morgan fingerprint density at radius 3 is 2.48 bits per heavy atom. The van der Waals surface area contributed by atoms with E-state index in [4.69, 9.17) is 11.6 Å². The van der Waals surface area contributed by atoms with Gasteiger partial charge in [0.25, 0.3) is 10.0 Å². The van der Waals surface area contributed by atoms with Gasteiger partial charge in [-0.15, -0.1) is 0 Å². The van der Waals surface area contributed by atoms with Crippen molar-refractivity contribution in [1.82, 2.24) is 0 Å². The van der Waals surface area contributed by atoms with Gasteiger partial charge in [-0.25, -0.2) is 8.42 Å². The Bertz CT molecular complexity index is 1340. The Hall–Kier alpha value is -3.36. The number of amides is 2. The highest BCUT2D eigenvalue weighted by atomic mass is 35.5. The lowest BCUT2D eigenvalue weighted by Crippen LogP contribution is -2.48. The van der Waals surface area contributed by atoms with Crippen LogP contribution < -0.4 is 14.5 Å². The van der Waals surface area contributed by atoms with E-state index < -0.39 is 22.5 Å². The topological polar surface area (TPSA) is 86.8 Å². The van der Waals surface area contributed by atoms with Gasteiger partial charge in [0.05, 0.1) is 22.0 Å². The van der Waals surface area contributed by atoms with Gasteiger partial charge in [0.1, 0.15) is 13.1 Å². The van der Waals surface area contributed by atoms with Gasteiger partial charge < -0.3 is 5.32 Å². The van der Waals surface area contributed by atoms with E-state index in [2.05, 4.69) is 5.32 Å². The molecule has 3 aromatic carbocycles. The summed E-state index contributed by atoms with van der Waals surface area (Å²) < 4.78 is 28.4. The van der Waals surface area contributed by atoms with Gasteiger partial charge in [0.2, 0.25) is 11.8 Å². The fourth-order valence-corrected chi connectivity index (χ4v) is 5.29. The molecule has 0 radical (unpaired) electrons. The van der Waals surface area contributed by atoms with E-state index in [1.807, 2.05) is 6.92 Å². The maximum Gasteiger partial charge on any atom is 0.264 e. The van der Waals surface area contributed by atoms with Crippen LogP contribution in [0.1, 0.15) is 11.1 Å². The third kappa shape index (κ3) is 4.58. The molecule has 0 spiro atoms. The molecule has 2 amide bonds. The first-order valence-electron chi connectivity index (χ1n) is 10.2. The van der Waals surface area contributed by atoms with Crippen molar-refractivity contribution >= 4 is 50.5 Å². The number of para-hydroxylation sites is 2. The maximum atomic E-state index is 13.7. The fraction of sp³-hybridized carbons (Fsp3) is 0.167. The summed E-state index contributed by atoms with van der Waals surface area (Å²) in [5.41, 5.74) is 2.85. The highest BCUT2D eigenvalue weighted by molar-refractivity contribution is 7.92. The number of benzene rings is 3. The number of sulfonamides is 1. The number of rotatable bonds is 5. The van der Waals surface area contributed by atoms with Crippen molar-refractivity contribution in [2.24, 2.45) is 0 Å². The van der Waals surface area contributed by atoms with Crippen LogP contribution in [0.3, 0.4) is 0 Å². The lowest BCUT2D eigenvalue weighted by molar-refractivity contribution is -0.121. The Morgan fingerprint density at radius 1 is 1.06 bits per heavy atom. The summed E-state index contributed by atoms with van der Waals surface area (Å²) in [5, 5.41) is 3.07. The molecule has 1 heterocycles. The second-order valence-electron chi connectivity index (χ2n) is 7.80. The zero-order chi connectivity index (χ0) is 23.8. The predicted octanol–water partition coefficient (Wildman–Crippen LogP) is 4.14. The van der Waals surface area contributed by atoms with Crippen LogP contribution in [0.4, 0.5) is 17.1 Å². The van der Waals surface area contributed by atoms with E-state index in [1.54, 1.807) is 55.5 Å². The summed E-state index contributed by atoms with van der Waals surface area (Å²) in [6, 6.07) is 18.2. The minimum Gasteiger partial charge on any atom is -0.323 e. The quantitative estimate of drug-likeness (QED) is 0.591. The second kappa shape index (κ2) is 8.88. The molecule has 0 unspecified atom stereocenters. The summed E-state index contributed by atoms with van der Waals surface area (Å²) in [6.07, 6.45) is 0. The Kier molecular flexibility index (Phi) is 6.14. The molecule has 3 aromatic rings. The van der Waals surface area contributed by atoms with Crippen LogP contribution in [0, 0.1) is 13.8 Å². The number of hydrogen-bond acceptors (Lipinski definition) is 4. The highest BCUT2D eigenvalue weighted by Gasteiger charge is 2.33. The number of anilines is 3. The molecule has 170 valence electrons. The zero-order valence-electron chi connectivity index (χ0n) is 18.1. The molecule has 0 saturated heterocycles. The molecule has 1 N–H and O–H groups in total. The molecule has 9 heteroatoms. The third-order valence-electron chi connectivity index (χ3n) is 5.40. The van der Waals surface area contributed by atoms with Crippen LogP contribution in [0.5, 0.6) is 0 Å². The molecule has 0 aromatic heterocycles. The largest absolute Gasteiger partial charge is 0.323 e. The number of hydrogen-bond donors (Lipinski definition) is 1. The summed E-state index contributed by atoms with van der Waals surface area (Å²) >= 11 is 6.18. The van der Waals surface area contributed by atoms with E-state index >= 15 is 0 Å². The molecule has 1 aliphatic rings. The van der Waals surface area contributed by atoms with Crippen molar-refractivity contribution in [3.63, 3.8) is 0 Å². The van der Waals surface area contributed by atoms with Gasteiger partial charge in [0.15, 0.2) is 0 Å². The number of fused-ring (bicyclic) bond motifs is 1. The molecule has 0 atom stereocenters. The van der Waals surface area contributed by atoms with Crippen LogP contribution in [0.25, 0.3) is 0 Å². The first-order valence-corrected chi connectivity index (χ1v) is 12.0. The first-order chi connectivity index (χ1) is 15.7. The van der Waals surface area contributed by atoms with E-state index in [1.165, 1.54) is 23.1 Å². The smallest absolute Gasteiger partial charge is 0.264 e. The minimum atomic E-state index is -4.11. The highest BCUT2D eigenvalue weighted by Crippen LogP contribution is 2.32. The lowest BCUT2D eigenvalue weighted by atomic mass is 10.2. The monoisotopic (exact) mass is 483 g/mol. The number of carbonyl (C=O) groups is 2. The normalized spacial score (nSPS) is 13.3. The number of aryl methyl sites for hydroxylation is 2. The van der Waals surface area contributed by atoms with Crippen molar-refractivity contribution in [2.75, 3.05) is 27.6 Å². The molecule has 1 aliphatic heterocycles. The van der Waals surface area contributed by atoms with Crippen LogP contribution in [0.2, 0.25) is 5.02 Å². The van der Waals surface area contributed by atoms with Gasteiger partial charge in [-0.3, -0.25) is 18.8 Å². The van der Waals surface area contributed by atoms with E-state index in [0.717, 1.165) is 9.87 Å². The fourth-order valence-electron chi connectivity index (χ4n) is 3.65. The second-order valence-corrected chi connectivity index (χ2v) is 10.1. The summed E-state index contributed by atoms with van der Waals surface area (Å²) in [5.74, 6) is -0.888. The molecular formula is C24H22ClN3O4S. The maximum absolute atomic E-state index is 13.7. The first kappa shape index (κ1) is 22.8. The molecule has 0 bridgehead atoms. The predicted molar refractivity (Wildman–Crippen MR) is 129 cm³/mol. The third-order valence-corrected chi connectivity index (χ3v) is 7.41. The number of nitrogens with zero attached hydrogens (tertiary/aromatic N) is 2. The molecule has 0 fully saturated rings. The molecule has 7 nitrogen and oxygen atoms in total. The van der Waals surface area contributed by atoms with Gasteiger partial charge in [-0.2, -0.15) is 0 Å². The van der Waals surface area contributed by atoms with E-state index in [0.29, 0.717) is 27.6 Å². The van der Waals surface area contributed by atoms with Crippen molar-refractivity contribution in [3.8, 4) is 0 Å². The number of halogens is 1. The zero-order valence-corrected chi connectivity index (χ0v) is 19.7. The van der Waals surface area contributed by atoms with Crippen LogP contribution >= 0.6 is 11.6 Å². The van der Waals surface area contributed by atoms with Crippen LogP contribution in [-0.4, -0.2) is 33.3 Å². The number of nitrogens with one attached hydrogen (secondary N) is 1. The van der Waals surface area contributed by atoms with Crippen molar-refractivity contribution in [3.05, 3.63) is 82.9 Å². The summed E-state index contributed by atoms with van der Waals surface area (Å²) in [7, 11) is -4.11. The average Bonchev–Trinajstić information content (AvgIpc) is 2.78. The Morgan fingerprint density at radius 2 is 1.76 bits per heavy atom. The van der Waals surface area contributed by atoms with Crippen molar-refractivity contribution in [1.29, 1.82) is 0 Å². The van der Waals surface area contributed by atoms with Gasteiger partial charge >= 0.3 is 0 Å². The van der Waals surface area contributed by atoms with Gasteiger partial charge in [-0.05, 0) is 55.8 Å².